The number of imide groups is 1. The van der Waals surface area contributed by atoms with Crippen molar-refractivity contribution in [2.24, 2.45) is 0 Å². The molecule has 2 N–H and O–H groups in total. The lowest BCUT2D eigenvalue weighted by molar-refractivity contribution is -0.136. The summed E-state index contributed by atoms with van der Waals surface area (Å²) >= 11 is 0. The van der Waals surface area contributed by atoms with E-state index in [-0.39, 0.29) is 42.4 Å². The van der Waals surface area contributed by atoms with Crippen molar-refractivity contribution in [2.45, 2.75) is 109 Å². The Labute approximate surface area is 360 Å². The van der Waals surface area contributed by atoms with Crippen LogP contribution >= 0.6 is 0 Å². The van der Waals surface area contributed by atoms with Crippen molar-refractivity contribution < 1.29 is 33.4 Å². The summed E-state index contributed by atoms with van der Waals surface area (Å²) in [6.45, 7) is 10.1. The number of benzene rings is 1. The summed E-state index contributed by atoms with van der Waals surface area (Å²) in [7, 11) is 2.06. The topological polar surface area (TPSA) is 172 Å². The normalized spacial score (nSPS) is 21.7. The third kappa shape index (κ3) is 8.49. The first-order valence-electron chi connectivity index (χ1n) is 21.9. The van der Waals surface area contributed by atoms with Gasteiger partial charge in [-0.05, 0) is 121 Å². The van der Waals surface area contributed by atoms with E-state index >= 15 is 0 Å². The van der Waals surface area contributed by atoms with Crippen LogP contribution in [-0.2, 0) is 25.6 Å². The van der Waals surface area contributed by atoms with E-state index in [9.17, 15) is 24.0 Å². The van der Waals surface area contributed by atoms with Crippen molar-refractivity contribution in [1.29, 1.82) is 0 Å². The maximum atomic E-state index is 13.6. The van der Waals surface area contributed by atoms with Crippen molar-refractivity contribution in [2.75, 3.05) is 54.9 Å². The molecule has 0 saturated carbocycles. The molecule has 4 amide bonds. The molecule has 16 heteroatoms. The predicted molar refractivity (Wildman–Crippen MR) is 232 cm³/mol. The van der Waals surface area contributed by atoms with Gasteiger partial charge in [-0.3, -0.25) is 29.4 Å². The standard InChI is InChI=1S/C46H55N9O7/c1-46(2,3)62-45(60)55-37-24-39(47-26-29(37)23-38(55)35-6-5-17-51(35)4)49-42(57)28-7-11-40(48-25-28)53-20-15-33(16-21-53)61-32-13-18-52(19-14-32)31-8-9-34-30(22-31)27-54(44(34)59)36-10-12-41(56)50-43(36)58/h7-9,11,22-26,32-33,35-36H,5-6,10,12-21,27H2,1-4H3,(H,47,49,57)(H,50,56,58)/t35-,36?/m1/s1. The van der Waals surface area contributed by atoms with Crippen LogP contribution in [0, 0.1) is 0 Å². The number of anilines is 3. The van der Waals surface area contributed by atoms with E-state index in [1.165, 1.54) is 0 Å². The molecule has 2 atom stereocenters. The van der Waals surface area contributed by atoms with E-state index in [1.807, 2.05) is 45.0 Å². The summed E-state index contributed by atoms with van der Waals surface area (Å²) < 4.78 is 14.1. The van der Waals surface area contributed by atoms with Gasteiger partial charge in [-0.1, -0.05) is 0 Å². The Kier molecular flexibility index (Phi) is 11.2. The summed E-state index contributed by atoms with van der Waals surface area (Å²) in [5, 5.41) is 6.06. The number of carbonyl (C=O) groups is 5. The fraction of sp³-hybridized carbons (Fsp3) is 0.500. The average Bonchev–Trinajstić information content (AvgIpc) is 3.94. The van der Waals surface area contributed by atoms with Crippen LogP contribution in [0.25, 0.3) is 10.9 Å². The molecule has 9 rings (SSSR count). The number of fused-ring (bicyclic) bond motifs is 2. The molecule has 326 valence electrons. The van der Waals surface area contributed by atoms with E-state index in [2.05, 4.69) is 48.4 Å². The molecule has 4 aromatic rings. The third-order valence-corrected chi connectivity index (χ3v) is 12.9. The highest BCUT2D eigenvalue weighted by atomic mass is 16.6. The minimum absolute atomic E-state index is 0.0730. The number of rotatable bonds is 8. The zero-order valence-corrected chi connectivity index (χ0v) is 35.9. The third-order valence-electron chi connectivity index (χ3n) is 12.9. The summed E-state index contributed by atoms with van der Waals surface area (Å²) in [6, 6.07) is 12.8. The molecule has 16 nitrogen and oxygen atoms in total. The van der Waals surface area contributed by atoms with E-state index < -0.39 is 23.6 Å². The molecular weight excluding hydrogens is 791 g/mol. The molecule has 5 aliphatic rings. The van der Waals surface area contributed by atoms with E-state index in [0.29, 0.717) is 35.4 Å². The highest BCUT2D eigenvalue weighted by molar-refractivity contribution is 6.06. The van der Waals surface area contributed by atoms with Gasteiger partial charge in [0.05, 0.1) is 29.3 Å². The second-order valence-electron chi connectivity index (χ2n) is 18.3. The van der Waals surface area contributed by atoms with Crippen LogP contribution < -0.4 is 20.4 Å². The summed E-state index contributed by atoms with van der Waals surface area (Å²) in [5.41, 5.74) is 3.81. The van der Waals surface area contributed by atoms with Gasteiger partial charge in [-0.2, -0.15) is 0 Å². The van der Waals surface area contributed by atoms with Crippen LogP contribution in [0.5, 0.6) is 0 Å². The predicted octanol–water partition coefficient (Wildman–Crippen LogP) is 5.65. The molecule has 5 aliphatic heterocycles. The molecule has 1 aromatic carbocycles. The first kappa shape index (κ1) is 41.5. The van der Waals surface area contributed by atoms with Crippen molar-refractivity contribution in [3.63, 3.8) is 0 Å². The van der Waals surface area contributed by atoms with E-state index in [1.54, 1.807) is 34.0 Å². The van der Waals surface area contributed by atoms with E-state index in [0.717, 1.165) is 99.4 Å². The molecule has 0 aliphatic carbocycles. The number of ether oxygens (including phenoxy) is 2. The molecule has 4 fully saturated rings. The Morgan fingerprint density at radius 1 is 0.823 bits per heavy atom. The highest BCUT2D eigenvalue weighted by Crippen LogP contribution is 2.36. The Morgan fingerprint density at radius 3 is 2.23 bits per heavy atom. The number of nitrogens with zero attached hydrogens (tertiary/aromatic N) is 7. The number of hydrogen-bond acceptors (Lipinski definition) is 12. The Bertz CT molecular complexity index is 2390. The highest BCUT2D eigenvalue weighted by Gasteiger charge is 2.39. The number of pyridine rings is 2. The maximum Gasteiger partial charge on any atom is 0.419 e. The molecule has 0 radical (unpaired) electrons. The minimum atomic E-state index is -0.676. The van der Waals surface area contributed by atoms with Crippen LogP contribution in [0.4, 0.5) is 22.1 Å². The number of nitrogens with one attached hydrogen (secondary N) is 2. The van der Waals surface area contributed by atoms with Crippen LogP contribution in [0.15, 0.2) is 54.9 Å². The number of carbonyl (C=O) groups excluding carboxylic acids is 5. The van der Waals surface area contributed by atoms with E-state index in [4.69, 9.17) is 9.47 Å². The van der Waals surface area contributed by atoms with Gasteiger partial charge in [0, 0.05) is 79.9 Å². The SMILES string of the molecule is CN1CCC[C@@H]1c1cc2cnc(NC(=O)c3ccc(N4CCC(OC5CCN(c6ccc7c(c6)CN(C6CCC(=O)NC6=O)C7=O)CC5)CC4)nc3)cc2n1C(=O)OC(C)(C)C. The molecular formula is C46H55N9O7. The van der Waals surface area contributed by atoms with Crippen molar-refractivity contribution >= 4 is 57.9 Å². The number of amides is 4. The molecule has 8 heterocycles. The second-order valence-corrected chi connectivity index (χ2v) is 18.3. The maximum absolute atomic E-state index is 13.6. The van der Waals surface area contributed by atoms with Crippen molar-refractivity contribution in [3.05, 3.63) is 77.2 Å². The fourth-order valence-electron chi connectivity index (χ4n) is 9.63. The molecule has 4 saturated heterocycles. The van der Waals surface area contributed by atoms with Crippen LogP contribution in [0.2, 0.25) is 0 Å². The lowest BCUT2D eigenvalue weighted by Crippen LogP contribution is -2.52. The first-order chi connectivity index (χ1) is 29.8. The van der Waals surface area contributed by atoms with Gasteiger partial charge in [0.1, 0.15) is 23.3 Å². The smallest absolute Gasteiger partial charge is 0.419 e. The molecule has 1 unspecified atom stereocenters. The lowest BCUT2D eigenvalue weighted by atomic mass is 10.0. The Hall–Kier alpha value is -5.87. The zero-order valence-electron chi connectivity index (χ0n) is 35.9. The number of hydrogen-bond donors (Lipinski definition) is 2. The zero-order chi connectivity index (χ0) is 43.3. The van der Waals surface area contributed by atoms with Crippen molar-refractivity contribution in [3.8, 4) is 0 Å². The van der Waals surface area contributed by atoms with Crippen LogP contribution in [0.1, 0.15) is 110 Å². The number of piperidine rings is 3. The minimum Gasteiger partial charge on any atom is -0.443 e. The molecule has 3 aromatic heterocycles. The first-order valence-corrected chi connectivity index (χ1v) is 21.9. The largest absolute Gasteiger partial charge is 0.443 e. The van der Waals surface area contributed by atoms with Gasteiger partial charge in [0.25, 0.3) is 11.8 Å². The van der Waals surface area contributed by atoms with Gasteiger partial charge >= 0.3 is 6.09 Å². The van der Waals surface area contributed by atoms with Crippen LogP contribution in [-0.4, -0.2) is 118 Å². The Morgan fingerprint density at radius 2 is 1.56 bits per heavy atom. The Balaban J connectivity index is 0.757. The molecule has 62 heavy (non-hydrogen) atoms. The lowest BCUT2D eigenvalue weighted by Gasteiger charge is -2.38. The summed E-state index contributed by atoms with van der Waals surface area (Å²) in [4.78, 5) is 81.8. The van der Waals surface area contributed by atoms with Crippen LogP contribution in [0.3, 0.4) is 0 Å². The molecule has 0 spiro atoms. The number of aromatic nitrogens is 3. The number of likely N-dealkylation sites (tertiary alicyclic amines) is 1. The van der Waals surface area contributed by atoms with Gasteiger partial charge in [0.2, 0.25) is 11.8 Å². The monoisotopic (exact) mass is 845 g/mol. The van der Waals surface area contributed by atoms with Crippen molar-refractivity contribution in [1.82, 2.24) is 29.7 Å². The average molecular weight is 846 g/mol. The quantitative estimate of drug-likeness (QED) is 0.209. The second kappa shape index (κ2) is 16.8. The summed E-state index contributed by atoms with van der Waals surface area (Å²) in [6.07, 6.45) is 9.28. The fourth-order valence-corrected chi connectivity index (χ4v) is 9.63. The molecule has 0 bridgehead atoms. The van der Waals surface area contributed by atoms with Gasteiger partial charge in [-0.15, -0.1) is 0 Å². The van der Waals surface area contributed by atoms with Gasteiger partial charge in [0.15, 0.2) is 0 Å². The van der Waals surface area contributed by atoms with Gasteiger partial charge in [-0.25, -0.2) is 19.3 Å². The van der Waals surface area contributed by atoms with Gasteiger partial charge < -0.3 is 29.5 Å². The summed E-state index contributed by atoms with van der Waals surface area (Å²) in [5.74, 6) is -0.0548.